The Labute approximate surface area is 169 Å². The number of aromatic nitrogens is 2. The van der Waals surface area contributed by atoms with Crippen LogP contribution in [0, 0.1) is 0 Å². The number of carbonyl (C=O) groups excluding carboxylic acids is 1. The summed E-state index contributed by atoms with van der Waals surface area (Å²) in [6.45, 7) is 1.45. The van der Waals surface area contributed by atoms with Crippen LogP contribution >= 0.6 is 0 Å². The molecule has 3 heterocycles. The fraction of sp³-hybridized carbons (Fsp3) is 0.421. The van der Waals surface area contributed by atoms with Crippen LogP contribution in [0.2, 0.25) is 0 Å². The van der Waals surface area contributed by atoms with Gasteiger partial charge in [0.2, 0.25) is 6.79 Å². The summed E-state index contributed by atoms with van der Waals surface area (Å²) in [6, 6.07) is 4.77. The highest BCUT2D eigenvalue weighted by Crippen LogP contribution is 2.34. The molecule has 0 aliphatic carbocycles. The van der Waals surface area contributed by atoms with E-state index in [4.69, 9.17) is 14.2 Å². The number of aliphatic hydroxyl groups excluding tert-OH is 2. The number of carbonyl (C=O) groups is 1. The monoisotopic (exact) mass is 419 g/mol. The van der Waals surface area contributed by atoms with Crippen LogP contribution in [0.15, 0.2) is 34.0 Å². The second kappa shape index (κ2) is 7.94. The summed E-state index contributed by atoms with van der Waals surface area (Å²) < 4.78 is 17.1. The molecule has 1 fully saturated rings. The molecule has 1 saturated heterocycles. The second-order valence-electron chi connectivity index (χ2n) is 7.13. The van der Waals surface area contributed by atoms with Gasteiger partial charge in [-0.1, -0.05) is 6.07 Å². The Morgan fingerprint density at radius 1 is 1.33 bits per heavy atom. The van der Waals surface area contributed by atoms with Crippen molar-refractivity contribution in [3.05, 3.63) is 56.4 Å². The molecule has 1 unspecified atom stereocenters. The lowest BCUT2D eigenvalue weighted by Gasteiger charge is -2.17. The lowest BCUT2D eigenvalue weighted by molar-refractivity contribution is -0.0459. The fourth-order valence-corrected chi connectivity index (χ4v) is 3.45. The summed E-state index contributed by atoms with van der Waals surface area (Å²) in [4.78, 5) is 39.2. The minimum atomic E-state index is -0.970. The van der Waals surface area contributed by atoms with Crippen LogP contribution in [-0.4, -0.2) is 51.3 Å². The van der Waals surface area contributed by atoms with E-state index in [1.165, 1.54) is 0 Å². The molecule has 0 radical (unpaired) electrons. The van der Waals surface area contributed by atoms with Crippen molar-refractivity contribution in [2.75, 3.05) is 13.4 Å². The third-order valence-corrected chi connectivity index (χ3v) is 5.15. The van der Waals surface area contributed by atoms with Crippen LogP contribution in [0.25, 0.3) is 0 Å². The molecule has 4 rings (SSSR count). The summed E-state index contributed by atoms with van der Waals surface area (Å²) in [6.07, 6.45) is -1.61. The Hall–Kier alpha value is -3.15. The maximum Gasteiger partial charge on any atom is 0.330 e. The average Bonchev–Trinajstić information content (AvgIpc) is 3.33. The Morgan fingerprint density at radius 3 is 2.83 bits per heavy atom. The zero-order valence-electron chi connectivity index (χ0n) is 16.0. The zero-order valence-corrected chi connectivity index (χ0v) is 16.0. The SMILES string of the molecule is CC(NC(=O)c1cn([C@H]2C[C@H](O)[C@@H](CO)O2)c(=O)[nH]c1=O)c1ccc2c(c1)OCO2. The standard InChI is InChI=1S/C19H21N3O8/c1-9(10-2-3-13-14(4-10)29-8-28-13)20-17(25)11-6-22(19(27)21-18(11)26)16-5-12(24)15(7-23)30-16/h2-4,6,9,12,15-16,23-24H,5,7-8H2,1H3,(H,20,25)(H,21,26,27)/t9?,12-,15+,16+/m0/s1. The summed E-state index contributed by atoms with van der Waals surface area (Å²) in [7, 11) is 0. The Bertz CT molecular complexity index is 1080. The van der Waals surface area contributed by atoms with Crippen molar-refractivity contribution in [1.82, 2.24) is 14.9 Å². The average molecular weight is 419 g/mol. The van der Waals surface area contributed by atoms with Crippen molar-refractivity contribution < 1.29 is 29.2 Å². The number of ether oxygens (including phenoxy) is 3. The van der Waals surface area contributed by atoms with E-state index < -0.39 is 48.2 Å². The van der Waals surface area contributed by atoms with Gasteiger partial charge in [-0.25, -0.2) is 4.79 Å². The molecule has 2 aliphatic rings. The molecule has 2 aliphatic heterocycles. The van der Waals surface area contributed by atoms with E-state index in [0.29, 0.717) is 11.5 Å². The van der Waals surface area contributed by atoms with Crippen LogP contribution in [0.5, 0.6) is 11.5 Å². The van der Waals surface area contributed by atoms with Gasteiger partial charge in [0.25, 0.3) is 11.5 Å². The number of amides is 1. The molecule has 0 bridgehead atoms. The minimum Gasteiger partial charge on any atom is -0.454 e. The van der Waals surface area contributed by atoms with Gasteiger partial charge in [-0.2, -0.15) is 0 Å². The number of nitrogens with one attached hydrogen (secondary N) is 2. The van der Waals surface area contributed by atoms with Gasteiger partial charge >= 0.3 is 5.69 Å². The van der Waals surface area contributed by atoms with E-state index in [1.54, 1.807) is 25.1 Å². The van der Waals surface area contributed by atoms with Crippen LogP contribution in [0.1, 0.15) is 41.5 Å². The van der Waals surface area contributed by atoms with Crippen molar-refractivity contribution in [2.24, 2.45) is 0 Å². The largest absolute Gasteiger partial charge is 0.454 e. The lowest BCUT2D eigenvalue weighted by atomic mass is 10.1. The summed E-state index contributed by atoms with van der Waals surface area (Å²) >= 11 is 0. The van der Waals surface area contributed by atoms with Gasteiger partial charge in [0.1, 0.15) is 17.9 Å². The van der Waals surface area contributed by atoms with E-state index in [9.17, 15) is 24.6 Å². The third-order valence-electron chi connectivity index (χ3n) is 5.15. The van der Waals surface area contributed by atoms with Crippen molar-refractivity contribution in [2.45, 2.75) is 37.8 Å². The van der Waals surface area contributed by atoms with Gasteiger partial charge < -0.3 is 29.7 Å². The number of rotatable bonds is 5. The van der Waals surface area contributed by atoms with Crippen LogP contribution in [-0.2, 0) is 4.74 Å². The van der Waals surface area contributed by atoms with Gasteiger partial charge in [0.15, 0.2) is 11.5 Å². The molecular weight excluding hydrogens is 398 g/mol. The first-order valence-electron chi connectivity index (χ1n) is 9.37. The smallest absolute Gasteiger partial charge is 0.330 e. The van der Waals surface area contributed by atoms with Crippen LogP contribution < -0.4 is 26.0 Å². The fourth-order valence-electron chi connectivity index (χ4n) is 3.45. The molecule has 160 valence electrons. The molecule has 11 nitrogen and oxygen atoms in total. The van der Waals surface area contributed by atoms with Gasteiger partial charge in [-0.15, -0.1) is 0 Å². The number of benzene rings is 1. The first-order valence-corrected chi connectivity index (χ1v) is 9.37. The highest BCUT2D eigenvalue weighted by molar-refractivity contribution is 5.93. The van der Waals surface area contributed by atoms with Gasteiger partial charge in [0, 0.05) is 12.6 Å². The Morgan fingerprint density at radius 2 is 2.10 bits per heavy atom. The molecule has 4 atom stereocenters. The number of hydrogen-bond donors (Lipinski definition) is 4. The number of aromatic amines is 1. The molecule has 1 aromatic heterocycles. The maximum absolute atomic E-state index is 12.7. The molecule has 1 amide bonds. The molecule has 0 spiro atoms. The van der Waals surface area contributed by atoms with Crippen molar-refractivity contribution in [1.29, 1.82) is 0 Å². The summed E-state index contributed by atoms with van der Waals surface area (Å²) in [5.74, 6) is 0.489. The predicted octanol–water partition coefficient (Wildman–Crippen LogP) is -0.603. The predicted molar refractivity (Wildman–Crippen MR) is 101 cm³/mol. The normalized spacial score (nSPS) is 23.4. The quantitative estimate of drug-likeness (QED) is 0.501. The van der Waals surface area contributed by atoms with Crippen molar-refractivity contribution in [3.63, 3.8) is 0 Å². The van der Waals surface area contributed by atoms with E-state index in [2.05, 4.69) is 10.3 Å². The molecule has 2 aromatic rings. The molecule has 4 N–H and O–H groups in total. The summed E-state index contributed by atoms with van der Waals surface area (Å²) in [5.41, 5.74) is -1.17. The van der Waals surface area contributed by atoms with Gasteiger partial charge in [-0.05, 0) is 24.6 Å². The molecule has 0 saturated carbocycles. The minimum absolute atomic E-state index is 0.0336. The van der Waals surface area contributed by atoms with E-state index in [1.807, 2.05) is 0 Å². The third kappa shape index (κ3) is 3.70. The Kier molecular flexibility index (Phi) is 5.33. The first-order chi connectivity index (χ1) is 14.4. The van der Waals surface area contributed by atoms with Crippen molar-refractivity contribution in [3.8, 4) is 11.5 Å². The van der Waals surface area contributed by atoms with Gasteiger partial charge in [0.05, 0.1) is 18.8 Å². The van der Waals surface area contributed by atoms with Crippen LogP contribution in [0.4, 0.5) is 0 Å². The number of aliphatic hydroxyl groups is 2. The highest BCUT2D eigenvalue weighted by Gasteiger charge is 2.35. The number of H-pyrrole nitrogens is 1. The zero-order chi connectivity index (χ0) is 21.4. The molecule has 30 heavy (non-hydrogen) atoms. The molecular formula is C19H21N3O8. The second-order valence-corrected chi connectivity index (χ2v) is 7.13. The van der Waals surface area contributed by atoms with Crippen LogP contribution in [0.3, 0.4) is 0 Å². The highest BCUT2D eigenvalue weighted by atomic mass is 16.7. The van der Waals surface area contributed by atoms with E-state index in [-0.39, 0.29) is 18.8 Å². The van der Waals surface area contributed by atoms with Gasteiger partial charge in [-0.3, -0.25) is 19.1 Å². The first kappa shape index (κ1) is 20.1. The lowest BCUT2D eigenvalue weighted by Crippen LogP contribution is -2.39. The Balaban J connectivity index is 1.55. The topological polar surface area (TPSA) is 152 Å². The summed E-state index contributed by atoms with van der Waals surface area (Å²) in [5, 5.41) is 21.8. The number of hydrogen-bond acceptors (Lipinski definition) is 8. The number of fused-ring (bicyclic) bond motifs is 1. The van der Waals surface area contributed by atoms with E-state index in [0.717, 1.165) is 16.3 Å². The van der Waals surface area contributed by atoms with E-state index >= 15 is 0 Å². The molecule has 1 aromatic carbocycles. The number of nitrogens with zero attached hydrogens (tertiary/aromatic N) is 1. The van der Waals surface area contributed by atoms with Crippen molar-refractivity contribution >= 4 is 5.91 Å². The molecule has 11 heteroatoms. The maximum atomic E-state index is 12.7.